The summed E-state index contributed by atoms with van der Waals surface area (Å²) in [5.74, 6) is 0.144. The molecule has 0 aliphatic rings. The quantitative estimate of drug-likeness (QED) is 0.826. The first-order chi connectivity index (χ1) is 12.0. The minimum absolute atomic E-state index is 0.130. The van der Waals surface area contributed by atoms with E-state index in [0.29, 0.717) is 17.2 Å². The normalized spacial score (nSPS) is 12.2. The molecule has 0 spiro atoms. The number of carbonyl (C=O) groups excluding carboxylic acids is 1. The molecule has 0 heterocycles. The summed E-state index contributed by atoms with van der Waals surface area (Å²) >= 11 is 0. The van der Waals surface area contributed by atoms with Gasteiger partial charge in [-0.3, -0.25) is 4.79 Å². The standard InChI is InChI=1S/C20H26N2O3S/c1-14(2)15-6-10-17(11-7-15)21-19(23)16-8-12-18(13-9-16)26(24,25)22-20(3,4)5/h6-14,22H,1-5H3,(H,21,23). The van der Waals surface area contributed by atoms with Gasteiger partial charge in [0.25, 0.3) is 5.91 Å². The van der Waals surface area contributed by atoms with Gasteiger partial charge in [-0.2, -0.15) is 0 Å². The van der Waals surface area contributed by atoms with Gasteiger partial charge in [-0.15, -0.1) is 0 Å². The third-order valence-corrected chi connectivity index (χ3v) is 5.48. The SMILES string of the molecule is CC(C)c1ccc(NC(=O)c2ccc(S(=O)(=O)NC(C)(C)C)cc2)cc1. The predicted octanol–water partition coefficient (Wildman–Crippen LogP) is 4.14. The van der Waals surface area contributed by atoms with E-state index in [4.69, 9.17) is 0 Å². The zero-order valence-corrected chi connectivity index (χ0v) is 16.6. The van der Waals surface area contributed by atoms with Gasteiger partial charge in [-0.05, 0) is 68.7 Å². The average molecular weight is 375 g/mol. The molecule has 140 valence electrons. The summed E-state index contributed by atoms with van der Waals surface area (Å²) in [6, 6.07) is 13.6. The number of rotatable bonds is 5. The molecule has 0 saturated carbocycles. The third kappa shape index (κ3) is 5.41. The Kier molecular flexibility index (Phi) is 5.88. The first-order valence-corrected chi connectivity index (χ1v) is 10.0. The predicted molar refractivity (Wildman–Crippen MR) is 105 cm³/mol. The molecule has 0 bridgehead atoms. The maximum absolute atomic E-state index is 12.3. The summed E-state index contributed by atoms with van der Waals surface area (Å²) < 4.78 is 27.2. The summed E-state index contributed by atoms with van der Waals surface area (Å²) in [5, 5.41) is 2.82. The van der Waals surface area contributed by atoms with Gasteiger partial charge in [0.2, 0.25) is 10.0 Å². The Bertz CT molecular complexity index is 863. The minimum atomic E-state index is -3.61. The van der Waals surface area contributed by atoms with Crippen LogP contribution in [-0.4, -0.2) is 19.9 Å². The Morgan fingerprint density at radius 3 is 1.92 bits per heavy atom. The lowest BCUT2D eigenvalue weighted by atomic mass is 10.0. The second-order valence-corrected chi connectivity index (χ2v) is 9.29. The monoisotopic (exact) mass is 374 g/mol. The van der Waals surface area contributed by atoms with Gasteiger partial charge in [0, 0.05) is 16.8 Å². The van der Waals surface area contributed by atoms with Gasteiger partial charge in [0.1, 0.15) is 0 Å². The number of anilines is 1. The molecule has 2 aromatic carbocycles. The molecule has 0 unspecified atom stereocenters. The molecule has 0 saturated heterocycles. The molecule has 26 heavy (non-hydrogen) atoms. The van der Waals surface area contributed by atoms with E-state index < -0.39 is 15.6 Å². The van der Waals surface area contributed by atoms with Crippen LogP contribution in [0.25, 0.3) is 0 Å². The molecule has 1 amide bonds. The fraction of sp³-hybridized carbons (Fsp3) is 0.350. The number of nitrogens with one attached hydrogen (secondary N) is 2. The number of amides is 1. The van der Waals surface area contributed by atoms with Crippen LogP contribution in [0.1, 0.15) is 56.5 Å². The maximum Gasteiger partial charge on any atom is 0.255 e. The minimum Gasteiger partial charge on any atom is -0.322 e. The molecule has 0 aliphatic carbocycles. The summed E-state index contributed by atoms with van der Waals surface area (Å²) in [7, 11) is -3.61. The van der Waals surface area contributed by atoms with Crippen molar-refractivity contribution in [1.29, 1.82) is 0 Å². The molecule has 0 radical (unpaired) electrons. The van der Waals surface area contributed by atoms with E-state index in [0.717, 1.165) is 0 Å². The summed E-state index contributed by atoms with van der Waals surface area (Å²) in [6.07, 6.45) is 0. The molecule has 6 heteroatoms. The van der Waals surface area contributed by atoms with Crippen molar-refractivity contribution in [2.75, 3.05) is 5.32 Å². The number of hydrogen-bond acceptors (Lipinski definition) is 3. The molecule has 0 fully saturated rings. The highest BCUT2D eigenvalue weighted by molar-refractivity contribution is 7.89. The highest BCUT2D eigenvalue weighted by Gasteiger charge is 2.22. The summed E-state index contributed by atoms with van der Waals surface area (Å²) in [5.41, 5.74) is 1.72. The Labute approximate surface area is 155 Å². The van der Waals surface area contributed by atoms with Gasteiger partial charge in [0.15, 0.2) is 0 Å². The molecular weight excluding hydrogens is 348 g/mol. The largest absolute Gasteiger partial charge is 0.322 e. The van der Waals surface area contributed by atoms with E-state index in [1.54, 1.807) is 20.8 Å². The molecule has 5 nitrogen and oxygen atoms in total. The van der Waals surface area contributed by atoms with Crippen molar-refractivity contribution in [2.45, 2.75) is 51.0 Å². The van der Waals surface area contributed by atoms with Crippen LogP contribution in [0.15, 0.2) is 53.4 Å². The Balaban J connectivity index is 2.11. The highest BCUT2D eigenvalue weighted by atomic mass is 32.2. The van der Waals surface area contributed by atoms with Crippen LogP contribution >= 0.6 is 0 Å². The lowest BCUT2D eigenvalue weighted by Gasteiger charge is -2.20. The van der Waals surface area contributed by atoms with Crippen LogP contribution in [0, 0.1) is 0 Å². The third-order valence-electron chi connectivity index (χ3n) is 3.70. The van der Waals surface area contributed by atoms with Crippen molar-refractivity contribution in [3.8, 4) is 0 Å². The van der Waals surface area contributed by atoms with Crippen LogP contribution < -0.4 is 10.0 Å². The molecular formula is C20H26N2O3S. The Morgan fingerprint density at radius 2 is 1.46 bits per heavy atom. The Hall–Kier alpha value is -2.18. The molecule has 0 atom stereocenters. The van der Waals surface area contributed by atoms with Crippen molar-refractivity contribution >= 4 is 21.6 Å². The summed E-state index contributed by atoms with van der Waals surface area (Å²) in [6.45, 7) is 9.54. The summed E-state index contributed by atoms with van der Waals surface area (Å²) in [4.78, 5) is 12.5. The van der Waals surface area contributed by atoms with Gasteiger partial charge in [-0.25, -0.2) is 13.1 Å². The molecule has 2 aromatic rings. The molecule has 0 aliphatic heterocycles. The van der Waals surface area contributed by atoms with Gasteiger partial charge >= 0.3 is 0 Å². The van der Waals surface area contributed by atoms with Crippen molar-refractivity contribution in [3.63, 3.8) is 0 Å². The van der Waals surface area contributed by atoms with Crippen molar-refractivity contribution in [2.24, 2.45) is 0 Å². The van der Waals surface area contributed by atoms with Crippen molar-refractivity contribution in [1.82, 2.24) is 4.72 Å². The number of hydrogen-bond donors (Lipinski definition) is 2. The zero-order valence-electron chi connectivity index (χ0n) is 15.8. The van der Waals surface area contributed by atoms with E-state index in [-0.39, 0.29) is 10.8 Å². The van der Waals surface area contributed by atoms with Crippen LogP contribution in [0.2, 0.25) is 0 Å². The van der Waals surface area contributed by atoms with E-state index in [2.05, 4.69) is 23.9 Å². The topological polar surface area (TPSA) is 75.3 Å². The maximum atomic E-state index is 12.3. The van der Waals surface area contributed by atoms with E-state index in [9.17, 15) is 13.2 Å². The number of carbonyl (C=O) groups is 1. The first kappa shape index (κ1) is 20.1. The zero-order chi connectivity index (χ0) is 19.5. The van der Waals surface area contributed by atoms with E-state index in [1.807, 2.05) is 24.3 Å². The van der Waals surface area contributed by atoms with Crippen LogP contribution in [0.3, 0.4) is 0 Å². The van der Waals surface area contributed by atoms with Crippen molar-refractivity contribution in [3.05, 3.63) is 59.7 Å². The van der Waals surface area contributed by atoms with Gasteiger partial charge in [-0.1, -0.05) is 26.0 Å². The second kappa shape index (κ2) is 7.60. The molecule has 2 N–H and O–H groups in total. The fourth-order valence-electron chi connectivity index (χ4n) is 2.40. The smallest absolute Gasteiger partial charge is 0.255 e. The van der Waals surface area contributed by atoms with Crippen LogP contribution in [0.5, 0.6) is 0 Å². The number of benzene rings is 2. The lowest BCUT2D eigenvalue weighted by molar-refractivity contribution is 0.102. The van der Waals surface area contributed by atoms with Crippen LogP contribution in [-0.2, 0) is 10.0 Å². The number of sulfonamides is 1. The molecule has 0 aromatic heterocycles. The van der Waals surface area contributed by atoms with Crippen molar-refractivity contribution < 1.29 is 13.2 Å². The van der Waals surface area contributed by atoms with Gasteiger partial charge < -0.3 is 5.32 Å². The molecule has 2 rings (SSSR count). The Morgan fingerprint density at radius 1 is 0.923 bits per heavy atom. The fourth-order valence-corrected chi connectivity index (χ4v) is 3.82. The van der Waals surface area contributed by atoms with E-state index >= 15 is 0 Å². The van der Waals surface area contributed by atoms with E-state index in [1.165, 1.54) is 29.8 Å². The highest BCUT2D eigenvalue weighted by Crippen LogP contribution is 2.18. The van der Waals surface area contributed by atoms with Gasteiger partial charge in [0.05, 0.1) is 4.90 Å². The second-order valence-electron chi connectivity index (χ2n) is 7.61. The lowest BCUT2D eigenvalue weighted by Crippen LogP contribution is -2.40. The first-order valence-electron chi connectivity index (χ1n) is 8.53. The van der Waals surface area contributed by atoms with Crippen LogP contribution in [0.4, 0.5) is 5.69 Å². The average Bonchev–Trinajstić information content (AvgIpc) is 2.53.